The van der Waals surface area contributed by atoms with Gasteiger partial charge in [-0.1, -0.05) is 25.1 Å². The summed E-state index contributed by atoms with van der Waals surface area (Å²) in [6.45, 7) is 2.80. The lowest BCUT2D eigenvalue weighted by Crippen LogP contribution is -2.06. The molecule has 5 heteroatoms. The Morgan fingerprint density at radius 1 is 1.35 bits per heavy atom. The predicted molar refractivity (Wildman–Crippen MR) is 68.6 cm³/mol. The Bertz CT molecular complexity index is 484. The van der Waals surface area contributed by atoms with Crippen LogP contribution in [0.3, 0.4) is 0 Å². The predicted octanol–water partition coefficient (Wildman–Crippen LogP) is 2.61. The number of hydrogen-bond donors (Lipinski definition) is 1. The van der Waals surface area contributed by atoms with Crippen LogP contribution in [0, 0.1) is 0 Å². The number of rotatable bonds is 5. The van der Waals surface area contributed by atoms with Crippen LogP contribution in [0.1, 0.15) is 18.3 Å². The second-order valence-corrected chi connectivity index (χ2v) is 4.28. The Hall–Kier alpha value is -1.46. The molecule has 0 radical (unpaired) electrons. The number of nitrogens with one attached hydrogen (secondary N) is 1. The van der Waals surface area contributed by atoms with E-state index in [1.165, 1.54) is 11.5 Å². The van der Waals surface area contributed by atoms with Crippen LogP contribution in [0.25, 0.3) is 0 Å². The number of ether oxygens (including phenoxy) is 1. The molecule has 4 nitrogen and oxygen atoms in total. The van der Waals surface area contributed by atoms with Gasteiger partial charge in [-0.2, -0.15) is 9.36 Å². The summed E-state index contributed by atoms with van der Waals surface area (Å²) in [6.07, 6.45) is 0.831. The van der Waals surface area contributed by atoms with Gasteiger partial charge < -0.3 is 10.1 Å². The van der Waals surface area contributed by atoms with Crippen molar-refractivity contribution in [2.75, 3.05) is 7.05 Å². The molecule has 0 spiro atoms. The number of aromatic nitrogens is 2. The Labute approximate surface area is 105 Å². The van der Waals surface area contributed by atoms with E-state index in [2.05, 4.69) is 14.7 Å². The van der Waals surface area contributed by atoms with Crippen LogP contribution in [0.15, 0.2) is 24.3 Å². The molecular formula is C12H15N3OS. The highest BCUT2D eigenvalue weighted by atomic mass is 32.1. The minimum absolute atomic E-state index is 0.602. The standard InChI is InChI=1S/C12H15N3OS/c1-3-11-14-12(17-15-11)16-10-7-5-4-6-9(10)8-13-2/h4-7,13H,3,8H2,1-2H3. The molecular weight excluding hydrogens is 234 g/mol. The Morgan fingerprint density at radius 3 is 2.88 bits per heavy atom. The molecule has 90 valence electrons. The highest BCUT2D eigenvalue weighted by Gasteiger charge is 2.07. The van der Waals surface area contributed by atoms with E-state index in [1.54, 1.807) is 0 Å². The van der Waals surface area contributed by atoms with Crippen molar-refractivity contribution in [1.82, 2.24) is 14.7 Å². The highest BCUT2D eigenvalue weighted by molar-refractivity contribution is 7.07. The van der Waals surface area contributed by atoms with Gasteiger partial charge in [0.1, 0.15) is 11.6 Å². The van der Waals surface area contributed by atoms with Crippen molar-refractivity contribution >= 4 is 11.5 Å². The molecule has 0 fully saturated rings. The van der Waals surface area contributed by atoms with Crippen LogP contribution in [0.5, 0.6) is 10.9 Å². The van der Waals surface area contributed by atoms with Crippen molar-refractivity contribution in [2.24, 2.45) is 0 Å². The van der Waals surface area contributed by atoms with Gasteiger partial charge in [-0.25, -0.2) is 0 Å². The summed E-state index contributed by atoms with van der Waals surface area (Å²) < 4.78 is 9.95. The summed E-state index contributed by atoms with van der Waals surface area (Å²) in [5.74, 6) is 1.66. The molecule has 0 amide bonds. The number of nitrogens with zero attached hydrogens (tertiary/aromatic N) is 2. The SMILES string of the molecule is CCc1nsc(Oc2ccccc2CNC)n1. The summed E-state index contributed by atoms with van der Waals surface area (Å²) in [5.41, 5.74) is 1.11. The quantitative estimate of drug-likeness (QED) is 0.885. The first-order valence-electron chi connectivity index (χ1n) is 5.56. The fourth-order valence-electron chi connectivity index (χ4n) is 1.46. The summed E-state index contributed by atoms with van der Waals surface area (Å²) in [7, 11) is 1.91. The first-order chi connectivity index (χ1) is 8.33. The molecule has 2 rings (SSSR count). The second kappa shape index (κ2) is 5.75. The van der Waals surface area contributed by atoms with Crippen molar-refractivity contribution in [3.8, 4) is 10.9 Å². The normalized spacial score (nSPS) is 10.5. The molecule has 0 aliphatic heterocycles. The van der Waals surface area contributed by atoms with Crippen LogP contribution >= 0.6 is 11.5 Å². The highest BCUT2D eigenvalue weighted by Crippen LogP contribution is 2.26. The topological polar surface area (TPSA) is 47.0 Å². The number of benzene rings is 1. The van der Waals surface area contributed by atoms with Crippen molar-refractivity contribution in [2.45, 2.75) is 19.9 Å². The molecule has 0 saturated carbocycles. The molecule has 2 aromatic rings. The molecule has 0 aliphatic carbocycles. The van der Waals surface area contributed by atoms with Gasteiger partial charge in [0.2, 0.25) is 0 Å². The molecule has 0 saturated heterocycles. The number of hydrogen-bond acceptors (Lipinski definition) is 5. The lowest BCUT2D eigenvalue weighted by molar-refractivity contribution is 0.469. The van der Waals surface area contributed by atoms with E-state index in [9.17, 15) is 0 Å². The summed E-state index contributed by atoms with van der Waals surface area (Å²) in [4.78, 5) is 4.29. The average molecular weight is 249 g/mol. The van der Waals surface area contributed by atoms with Crippen LogP contribution in [0.4, 0.5) is 0 Å². The zero-order valence-electron chi connectivity index (χ0n) is 9.93. The molecule has 0 unspecified atom stereocenters. The van der Waals surface area contributed by atoms with Gasteiger partial charge in [0, 0.05) is 30.1 Å². The summed E-state index contributed by atoms with van der Waals surface area (Å²) >= 11 is 1.29. The maximum absolute atomic E-state index is 5.75. The Kier molecular flexibility index (Phi) is 4.06. The summed E-state index contributed by atoms with van der Waals surface area (Å²) in [5, 5.41) is 3.72. The minimum Gasteiger partial charge on any atom is -0.430 e. The van der Waals surface area contributed by atoms with Gasteiger partial charge in [-0.15, -0.1) is 0 Å². The van der Waals surface area contributed by atoms with Crippen LogP contribution in [-0.2, 0) is 13.0 Å². The first-order valence-corrected chi connectivity index (χ1v) is 6.33. The van der Waals surface area contributed by atoms with E-state index >= 15 is 0 Å². The van der Waals surface area contributed by atoms with Crippen LogP contribution in [-0.4, -0.2) is 16.4 Å². The van der Waals surface area contributed by atoms with Crippen LogP contribution < -0.4 is 10.1 Å². The summed E-state index contributed by atoms with van der Waals surface area (Å²) in [6, 6.07) is 7.93. The maximum Gasteiger partial charge on any atom is 0.298 e. The molecule has 0 bridgehead atoms. The third kappa shape index (κ3) is 3.01. The Morgan fingerprint density at radius 2 is 2.18 bits per heavy atom. The van der Waals surface area contributed by atoms with Gasteiger partial charge in [0.15, 0.2) is 0 Å². The average Bonchev–Trinajstić information content (AvgIpc) is 2.80. The van der Waals surface area contributed by atoms with E-state index in [-0.39, 0.29) is 0 Å². The van der Waals surface area contributed by atoms with Crippen molar-refractivity contribution < 1.29 is 4.74 Å². The van der Waals surface area contributed by atoms with E-state index < -0.39 is 0 Å². The van der Waals surface area contributed by atoms with Crippen LogP contribution in [0.2, 0.25) is 0 Å². The van der Waals surface area contributed by atoms with Gasteiger partial charge in [0.25, 0.3) is 5.19 Å². The monoisotopic (exact) mass is 249 g/mol. The Balaban J connectivity index is 2.17. The van der Waals surface area contributed by atoms with Gasteiger partial charge >= 0.3 is 0 Å². The van der Waals surface area contributed by atoms with E-state index in [4.69, 9.17) is 4.74 Å². The molecule has 17 heavy (non-hydrogen) atoms. The molecule has 0 aliphatic rings. The van der Waals surface area contributed by atoms with Crippen molar-refractivity contribution in [3.05, 3.63) is 35.7 Å². The molecule has 1 N–H and O–H groups in total. The van der Waals surface area contributed by atoms with Crippen molar-refractivity contribution in [3.63, 3.8) is 0 Å². The fourth-order valence-corrected chi connectivity index (χ4v) is 2.08. The third-order valence-corrected chi connectivity index (χ3v) is 2.94. The molecule has 1 aromatic heterocycles. The fraction of sp³-hybridized carbons (Fsp3) is 0.333. The lowest BCUT2D eigenvalue weighted by atomic mass is 10.2. The number of aryl methyl sites for hydroxylation is 1. The molecule has 1 heterocycles. The van der Waals surface area contributed by atoms with E-state index in [0.717, 1.165) is 30.1 Å². The first kappa shape index (κ1) is 12.0. The lowest BCUT2D eigenvalue weighted by Gasteiger charge is -2.07. The molecule has 0 atom stereocenters. The van der Waals surface area contributed by atoms with Crippen molar-refractivity contribution in [1.29, 1.82) is 0 Å². The smallest absolute Gasteiger partial charge is 0.298 e. The van der Waals surface area contributed by atoms with Gasteiger partial charge in [0.05, 0.1) is 0 Å². The maximum atomic E-state index is 5.75. The van der Waals surface area contributed by atoms with E-state index in [0.29, 0.717) is 5.19 Å². The van der Waals surface area contributed by atoms with Gasteiger partial charge in [-0.3, -0.25) is 0 Å². The zero-order chi connectivity index (χ0) is 12.1. The second-order valence-electron chi connectivity index (χ2n) is 3.57. The van der Waals surface area contributed by atoms with E-state index in [1.807, 2.05) is 38.2 Å². The largest absolute Gasteiger partial charge is 0.430 e. The third-order valence-electron chi connectivity index (χ3n) is 2.30. The molecule has 1 aromatic carbocycles. The zero-order valence-corrected chi connectivity index (χ0v) is 10.8. The van der Waals surface area contributed by atoms with Gasteiger partial charge in [-0.05, 0) is 13.1 Å². The number of para-hydroxylation sites is 1. The minimum atomic E-state index is 0.602.